The van der Waals surface area contributed by atoms with Gasteiger partial charge in [-0.1, -0.05) is 37.6 Å². The van der Waals surface area contributed by atoms with Crippen molar-refractivity contribution in [3.05, 3.63) is 52.7 Å². The molecule has 0 saturated heterocycles. The lowest BCUT2D eigenvalue weighted by Gasteiger charge is -2.13. The van der Waals surface area contributed by atoms with E-state index in [0.29, 0.717) is 12.2 Å². The Morgan fingerprint density at radius 3 is 2.70 bits per heavy atom. The van der Waals surface area contributed by atoms with Crippen molar-refractivity contribution in [2.45, 2.75) is 32.7 Å². The SMILES string of the molecule is CC(C)(C)c1cc(Cn2cc(-c3ccc(F)c(Cl)c3)nn2)[nH]n1. The van der Waals surface area contributed by atoms with Crippen LogP contribution in [0.1, 0.15) is 32.2 Å². The minimum atomic E-state index is -0.449. The van der Waals surface area contributed by atoms with Crippen molar-refractivity contribution < 1.29 is 4.39 Å². The Hall–Kier alpha value is -2.21. The van der Waals surface area contributed by atoms with Crippen LogP contribution < -0.4 is 0 Å². The van der Waals surface area contributed by atoms with Crippen molar-refractivity contribution in [3.63, 3.8) is 0 Å². The molecule has 3 rings (SSSR count). The summed E-state index contributed by atoms with van der Waals surface area (Å²) in [6.45, 7) is 6.86. The first-order valence-electron chi connectivity index (χ1n) is 7.23. The van der Waals surface area contributed by atoms with Crippen LogP contribution in [-0.2, 0) is 12.0 Å². The summed E-state index contributed by atoms with van der Waals surface area (Å²) in [6, 6.07) is 6.51. The number of H-pyrrole nitrogens is 1. The minimum absolute atomic E-state index is 0.00681. The van der Waals surface area contributed by atoms with Crippen molar-refractivity contribution in [2.75, 3.05) is 0 Å². The summed E-state index contributed by atoms with van der Waals surface area (Å²) < 4.78 is 14.9. The highest BCUT2D eigenvalue weighted by atomic mass is 35.5. The Morgan fingerprint density at radius 2 is 2.04 bits per heavy atom. The van der Waals surface area contributed by atoms with Gasteiger partial charge in [0.1, 0.15) is 11.5 Å². The first kappa shape index (κ1) is 15.7. The van der Waals surface area contributed by atoms with E-state index in [9.17, 15) is 4.39 Å². The zero-order chi connectivity index (χ0) is 16.6. The highest BCUT2D eigenvalue weighted by Gasteiger charge is 2.17. The summed E-state index contributed by atoms with van der Waals surface area (Å²) in [5.74, 6) is -0.449. The minimum Gasteiger partial charge on any atom is -0.280 e. The second-order valence-corrected chi connectivity index (χ2v) is 6.87. The average molecular weight is 334 g/mol. The lowest BCUT2D eigenvalue weighted by atomic mass is 9.92. The molecule has 23 heavy (non-hydrogen) atoms. The van der Waals surface area contributed by atoms with Gasteiger partial charge in [-0.2, -0.15) is 5.10 Å². The van der Waals surface area contributed by atoms with Crippen molar-refractivity contribution in [1.29, 1.82) is 0 Å². The zero-order valence-electron chi connectivity index (χ0n) is 13.1. The quantitative estimate of drug-likeness (QED) is 0.793. The van der Waals surface area contributed by atoms with E-state index in [-0.39, 0.29) is 10.4 Å². The molecule has 0 atom stereocenters. The van der Waals surface area contributed by atoms with Gasteiger partial charge in [0.25, 0.3) is 0 Å². The van der Waals surface area contributed by atoms with Crippen molar-refractivity contribution in [1.82, 2.24) is 25.2 Å². The Balaban J connectivity index is 1.79. The van der Waals surface area contributed by atoms with Crippen molar-refractivity contribution in [2.24, 2.45) is 0 Å². The highest BCUT2D eigenvalue weighted by Crippen LogP contribution is 2.23. The molecule has 2 aromatic heterocycles. The molecule has 3 aromatic rings. The van der Waals surface area contributed by atoms with E-state index < -0.39 is 5.82 Å². The molecule has 0 bridgehead atoms. The smallest absolute Gasteiger partial charge is 0.141 e. The number of aromatic amines is 1. The third-order valence-corrected chi connectivity index (χ3v) is 3.78. The number of halogens is 2. The van der Waals surface area contributed by atoms with Crippen LogP contribution in [0.5, 0.6) is 0 Å². The molecule has 5 nitrogen and oxygen atoms in total. The largest absolute Gasteiger partial charge is 0.280 e. The molecule has 0 saturated carbocycles. The second kappa shape index (κ2) is 5.77. The van der Waals surface area contributed by atoms with Gasteiger partial charge in [0.15, 0.2) is 0 Å². The van der Waals surface area contributed by atoms with Crippen LogP contribution in [0.15, 0.2) is 30.5 Å². The molecule has 120 valence electrons. The molecule has 0 fully saturated rings. The van der Waals surface area contributed by atoms with E-state index in [4.69, 9.17) is 11.6 Å². The molecular formula is C16H17ClFN5. The van der Waals surface area contributed by atoms with E-state index in [1.165, 1.54) is 6.07 Å². The van der Waals surface area contributed by atoms with Crippen LogP contribution in [-0.4, -0.2) is 25.2 Å². The summed E-state index contributed by atoms with van der Waals surface area (Å²) >= 11 is 5.80. The van der Waals surface area contributed by atoms with E-state index in [1.807, 2.05) is 6.07 Å². The van der Waals surface area contributed by atoms with Gasteiger partial charge in [0, 0.05) is 11.0 Å². The summed E-state index contributed by atoms with van der Waals surface area (Å²) in [7, 11) is 0. The molecule has 0 radical (unpaired) electrons. The zero-order valence-corrected chi connectivity index (χ0v) is 13.9. The number of hydrogen-bond donors (Lipinski definition) is 1. The van der Waals surface area contributed by atoms with Crippen LogP contribution in [0, 0.1) is 5.82 Å². The van der Waals surface area contributed by atoms with Gasteiger partial charge < -0.3 is 0 Å². The summed E-state index contributed by atoms with van der Waals surface area (Å²) in [5, 5.41) is 15.6. The molecule has 0 spiro atoms. The maximum Gasteiger partial charge on any atom is 0.141 e. The normalized spacial score (nSPS) is 11.9. The fourth-order valence-corrected chi connectivity index (χ4v) is 2.35. The predicted molar refractivity (Wildman–Crippen MR) is 86.8 cm³/mol. The number of nitrogens with zero attached hydrogens (tertiary/aromatic N) is 4. The fraction of sp³-hybridized carbons (Fsp3) is 0.312. The van der Waals surface area contributed by atoms with Gasteiger partial charge in [-0.15, -0.1) is 5.10 Å². The van der Waals surface area contributed by atoms with Crippen LogP contribution in [0.4, 0.5) is 4.39 Å². The third kappa shape index (κ3) is 3.42. The molecule has 1 aromatic carbocycles. The molecule has 0 aliphatic carbocycles. The van der Waals surface area contributed by atoms with Gasteiger partial charge in [-0.3, -0.25) is 5.10 Å². The number of hydrogen-bond acceptors (Lipinski definition) is 3. The standard InChI is InChI=1S/C16H17ClFN5/c1-16(2,3)15-7-11(19-21-15)8-23-9-14(20-22-23)10-4-5-13(18)12(17)6-10/h4-7,9H,8H2,1-3H3,(H,19,21). The molecule has 0 unspecified atom stereocenters. The number of nitrogens with one attached hydrogen (secondary N) is 1. The summed E-state index contributed by atoms with van der Waals surface area (Å²) in [6.07, 6.45) is 1.79. The monoisotopic (exact) mass is 333 g/mol. The van der Waals surface area contributed by atoms with E-state index in [0.717, 1.165) is 17.0 Å². The first-order valence-corrected chi connectivity index (χ1v) is 7.61. The van der Waals surface area contributed by atoms with Crippen molar-refractivity contribution >= 4 is 11.6 Å². The van der Waals surface area contributed by atoms with Crippen LogP contribution in [0.3, 0.4) is 0 Å². The molecule has 0 aliphatic heterocycles. The highest BCUT2D eigenvalue weighted by molar-refractivity contribution is 6.31. The molecule has 7 heteroatoms. The second-order valence-electron chi connectivity index (χ2n) is 6.46. The average Bonchev–Trinajstić information content (AvgIpc) is 3.11. The Bertz CT molecular complexity index is 831. The Morgan fingerprint density at radius 1 is 1.26 bits per heavy atom. The molecular weight excluding hydrogens is 317 g/mol. The molecule has 0 amide bonds. The van der Waals surface area contributed by atoms with Gasteiger partial charge in [0.05, 0.1) is 29.2 Å². The lowest BCUT2D eigenvalue weighted by Crippen LogP contribution is -2.11. The number of rotatable bonds is 3. The van der Waals surface area contributed by atoms with Crippen LogP contribution in [0.2, 0.25) is 5.02 Å². The lowest BCUT2D eigenvalue weighted by molar-refractivity contribution is 0.567. The third-order valence-electron chi connectivity index (χ3n) is 3.49. The maximum atomic E-state index is 13.2. The summed E-state index contributed by atoms with van der Waals surface area (Å²) in [4.78, 5) is 0. The van der Waals surface area contributed by atoms with E-state index >= 15 is 0 Å². The Labute approximate surface area is 138 Å². The van der Waals surface area contributed by atoms with Gasteiger partial charge >= 0.3 is 0 Å². The Kier molecular flexibility index (Phi) is 3.93. The van der Waals surface area contributed by atoms with Gasteiger partial charge in [0.2, 0.25) is 0 Å². The van der Waals surface area contributed by atoms with E-state index in [2.05, 4.69) is 41.3 Å². The fourth-order valence-electron chi connectivity index (χ4n) is 2.16. The number of benzene rings is 1. The topological polar surface area (TPSA) is 59.4 Å². The van der Waals surface area contributed by atoms with Gasteiger partial charge in [-0.25, -0.2) is 9.07 Å². The van der Waals surface area contributed by atoms with E-state index in [1.54, 1.807) is 23.0 Å². The molecule has 1 N–H and O–H groups in total. The maximum absolute atomic E-state index is 13.2. The number of aromatic nitrogens is 5. The van der Waals surface area contributed by atoms with Crippen LogP contribution >= 0.6 is 11.6 Å². The summed E-state index contributed by atoms with van der Waals surface area (Å²) in [5.41, 5.74) is 3.31. The first-order chi connectivity index (χ1) is 10.8. The van der Waals surface area contributed by atoms with Crippen LogP contribution in [0.25, 0.3) is 11.3 Å². The molecule has 0 aliphatic rings. The van der Waals surface area contributed by atoms with Gasteiger partial charge in [-0.05, 0) is 24.3 Å². The molecule has 2 heterocycles. The van der Waals surface area contributed by atoms with Crippen molar-refractivity contribution in [3.8, 4) is 11.3 Å². The predicted octanol–water partition coefficient (Wildman–Crippen LogP) is 3.81.